The lowest BCUT2D eigenvalue weighted by Crippen LogP contribution is -2.30. The molecule has 3 aromatic rings. The molecular weight excluding hydrogens is 390 g/mol. The maximum Gasteiger partial charge on any atom is 0.258 e. The lowest BCUT2D eigenvalue weighted by molar-refractivity contribution is 0.102. The molecule has 0 saturated heterocycles. The van der Waals surface area contributed by atoms with Crippen LogP contribution in [-0.2, 0) is 16.4 Å². The Bertz CT molecular complexity index is 1090. The van der Waals surface area contributed by atoms with Crippen LogP contribution in [0.15, 0.2) is 64.0 Å². The van der Waals surface area contributed by atoms with E-state index in [-0.39, 0.29) is 16.8 Å². The largest absolute Gasteiger partial charge is 0.338 e. The third kappa shape index (κ3) is 5.10. The van der Waals surface area contributed by atoms with Crippen LogP contribution in [-0.4, -0.2) is 25.5 Å². The first-order valence-electron chi connectivity index (χ1n) is 9.28. The number of hydrogen-bond donors (Lipinski definition) is 2. The van der Waals surface area contributed by atoms with Crippen molar-refractivity contribution in [3.8, 4) is 11.3 Å². The first-order chi connectivity index (χ1) is 13.8. The molecule has 0 bridgehead atoms. The van der Waals surface area contributed by atoms with E-state index in [2.05, 4.69) is 22.1 Å². The van der Waals surface area contributed by atoms with Crippen molar-refractivity contribution in [3.05, 3.63) is 65.7 Å². The molecule has 0 radical (unpaired) electrons. The number of anilines is 1. The minimum absolute atomic E-state index is 0.0974. The van der Waals surface area contributed by atoms with Gasteiger partial charge in [0, 0.05) is 23.2 Å². The Balaban J connectivity index is 1.70. The number of rotatable bonds is 7. The van der Waals surface area contributed by atoms with E-state index in [0.717, 1.165) is 12.0 Å². The fourth-order valence-corrected chi connectivity index (χ4v) is 3.98. The Hall–Kier alpha value is -2.97. The molecule has 0 spiro atoms. The van der Waals surface area contributed by atoms with Crippen LogP contribution in [0.25, 0.3) is 11.3 Å². The summed E-state index contributed by atoms with van der Waals surface area (Å²) in [7, 11) is -3.60. The topological polar surface area (TPSA) is 101 Å². The van der Waals surface area contributed by atoms with Crippen LogP contribution in [0.2, 0.25) is 0 Å². The Labute approximate surface area is 170 Å². The molecule has 1 amide bonds. The van der Waals surface area contributed by atoms with Gasteiger partial charge in [-0.25, -0.2) is 13.1 Å². The van der Waals surface area contributed by atoms with Gasteiger partial charge in [0.25, 0.3) is 5.91 Å². The summed E-state index contributed by atoms with van der Waals surface area (Å²) in [6.07, 6.45) is 0.952. The third-order valence-corrected chi connectivity index (χ3v) is 5.90. The maximum absolute atomic E-state index is 12.4. The fourth-order valence-electron chi connectivity index (χ4n) is 2.73. The highest BCUT2D eigenvalue weighted by Gasteiger charge is 2.17. The summed E-state index contributed by atoms with van der Waals surface area (Å²) < 4.78 is 32.0. The van der Waals surface area contributed by atoms with Gasteiger partial charge in [-0.3, -0.25) is 10.1 Å². The van der Waals surface area contributed by atoms with E-state index in [1.165, 1.54) is 29.8 Å². The van der Waals surface area contributed by atoms with Crippen molar-refractivity contribution < 1.29 is 17.7 Å². The van der Waals surface area contributed by atoms with Crippen LogP contribution in [0.1, 0.15) is 36.7 Å². The van der Waals surface area contributed by atoms with Gasteiger partial charge in [0.05, 0.1) is 4.90 Å². The van der Waals surface area contributed by atoms with Crippen LogP contribution in [0.4, 0.5) is 5.88 Å². The van der Waals surface area contributed by atoms with Crippen LogP contribution in [0.5, 0.6) is 0 Å². The zero-order valence-electron chi connectivity index (χ0n) is 16.5. The number of aromatic nitrogens is 1. The van der Waals surface area contributed by atoms with Gasteiger partial charge in [0.2, 0.25) is 15.9 Å². The smallest absolute Gasteiger partial charge is 0.258 e. The van der Waals surface area contributed by atoms with E-state index < -0.39 is 15.9 Å². The molecule has 1 heterocycles. The van der Waals surface area contributed by atoms with Crippen LogP contribution in [0.3, 0.4) is 0 Å². The number of benzene rings is 2. The van der Waals surface area contributed by atoms with E-state index in [1.54, 1.807) is 19.9 Å². The Morgan fingerprint density at radius 2 is 1.72 bits per heavy atom. The lowest BCUT2D eigenvalue weighted by Gasteiger charge is -2.09. The van der Waals surface area contributed by atoms with E-state index in [1.807, 2.05) is 24.3 Å². The van der Waals surface area contributed by atoms with Crippen molar-refractivity contribution in [1.82, 2.24) is 9.88 Å². The first kappa shape index (κ1) is 20.8. The molecule has 152 valence electrons. The summed E-state index contributed by atoms with van der Waals surface area (Å²) in [5.41, 5.74) is 3.03. The highest BCUT2D eigenvalue weighted by Crippen LogP contribution is 2.23. The zero-order chi connectivity index (χ0) is 21.0. The van der Waals surface area contributed by atoms with E-state index >= 15 is 0 Å². The number of nitrogens with one attached hydrogen (secondary N) is 2. The van der Waals surface area contributed by atoms with Gasteiger partial charge in [0.15, 0.2) is 0 Å². The van der Waals surface area contributed by atoms with Gasteiger partial charge in [-0.1, -0.05) is 36.3 Å². The SMILES string of the molecule is CCc1ccc(-c2cc(NC(=O)c3ccc(S(=O)(=O)NC(C)C)cc3)on2)cc1. The quantitative estimate of drug-likeness (QED) is 0.613. The fraction of sp³-hybridized carbons (Fsp3) is 0.238. The molecule has 0 saturated carbocycles. The normalized spacial score (nSPS) is 11.6. The van der Waals surface area contributed by atoms with Gasteiger partial charge >= 0.3 is 0 Å². The predicted molar refractivity (Wildman–Crippen MR) is 111 cm³/mol. The average molecular weight is 413 g/mol. The van der Waals surface area contributed by atoms with Crippen molar-refractivity contribution in [2.24, 2.45) is 0 Å². The molecule has 2 aromatic carbocycles. The van der Waals surface area contributed by atoms with Crippen LogP contribution >= 0.6 is 0 Å². The molecule has 7 nitrogen and oxygen atoms in total. The van der Waals surface area contributed by atoms with E-state index in [0.29, 0.717) is 11.3 Å². The molecule has 1 aromatic heterocycles. The van der Waals surface area contributed by atoms with Gasteiger partial charge in [-0.2, -0.15) is 0 Å². The highest BCUT2D eigenvalue weighted by atomic mass is 32.2. The molecule has 3 rings (SSSR count). The molecule has 8 heteroatoms. The lowest BCUT2D eigenvalue weighted by atomic mass is 10.1. The van der Waals surface area contributed by atoms with Gasteiger partial charge in [-0.05, 0) is 50.1 Å². The molecule has 0 fully saturated rings. The summed E-state index contributed by atoms with van der Waals surface area (Å²) in [4.78, 5) is 12.5. The van der Waals surface area contributed by atoms with Crippen molar-refractivity contribution in [2.45, 2.75) is 38.1 Å². The summed E-state index contributed by atoms with van der Waals surface area (Å²) >= 11 is 0. The zero-order valence-corrected chi connectivity index (χ0v) is 17.3. The summed E-state index contributed by atoms with van der Waals surface area (Å²) in [6.45, 7) is 5.56. The molecular formula is C21H23N3O4S. The second kappa shape index (κ2) is 8.59. The summed E-state index contributed by atoms with van der Waals surface area (Å²) in [5.74, 6) is -0.211. The number of carbonyl (C=O) groups is 1. The van der Waals surface area contributed by atoms with Gasteiger partial charge in [-0.15, -0.1) is 0 Å². The highest BCUT2D eigenvalue weighted by molar-refractivity contribution is 7.89. The number of carbonyl (C=O) groups excluding carboxylic acids is 1. The molecule has 29 heavy (non-hydrogen) atoms. The average Bonchev–Trinajstić information content (AvgIpc) is 3.15. The monoisotopic (exact) mass is 413 g/mol. The number of sulfonamides is 1. The minimum atomic E-state index is -3.60. The van der Waals surface area contributed by atoms with Crippen molar-refractivity contribution in [1.29, 1.82) is 0 Å². The molecule has 0 aliphatic heterocycles. The molecule has 0 aliphatic rings. The van der Waals surface area contributed by atoms with E-state index in [4.69, 9.17) is 4.52 Å². The Morgan fingerprint density at radius 1 is 1.07 bits per heavy atom. The van der Waals surface area contributed by atoms with Crippen LogP contribution in [0, 0.1) is 0 Å². The van der Waals surface area contributed by atoms with Crippen molar-refractivity contribution in [2.75, 3.05) is 5.32 Å². The third-order valence-electron chi connectivity index (χ3n) is 4.22. The van der Waals surface area contributed by atoms with Crippen molar-refractivity contribution >= 4 is 21.8 Å². The number of hydrogen-bond acceptors (Lipinski definition) is 5. The van der Waals surface area contributed by atoms with Crippen molar-refractivity contribution in [3.63, 3.8) is 0 Å². The maximum atomic E-state index is 12.4. The second-order valence-corrected chi connectivity index (χ2v) is 8.60. The first-order valence-corrected chi connectivity index (χ1v) is 10.8. The standard InChI is InChI=1S/C21H23N3O4S/c1-4-15-5-7-16(8-6-15)19-13-20(28-23-19)22-21(25)17-9-11-18(12-10-17)29(26,27)24-14(2)3/h5-14,24H,4H2,1-3H3,(H,22,25). The van der Waals surface area contributed by atoms with E-state index in [9.17, 15) is 13.2 Å². The number of nitrogens with zero attached hydrogens (tertiary/aromatic N) is 1. The second-order valence-electron chi connectivity index (χ2n) is 6.88. The summed E-state index contributed by atoms with van der Waals surface area (Å²) in [5, 5.41) is 6.61. The summed E-state index contributed by atoms with van der Waals surface area (Å²) in [6, 6.07) is 15.0. The number of amides is 1. The van der Waals surface area contributed by atoms with Gasteiger partial charge < -0.3 is 4.52 Å². The molecule has 2 N–H and O–H groups in total. The molecule has 0 atom stereocenters. The number of aryl methyl sites for hydroxylation is 1. The Morgan fingerprint density at radius 3 is 2.31 bits per heavy atom. The van der Waals surface area contributed by atoms with Crippen LogP contribution < -0.4 is 10.0 Å². The molecule has 0 unspecified atom stereocenters. The predicted octanol–water partition coefficient (Wildman–Crippen LogP) is 3.84. The minimum Gasteiger partial charge on any atom is -0.338 e. The Kier molecular flexibility index (Phi) is 6.14. The molecule has 0 aliphatic carbocycles. The van der Waals surface area contributed by atoms with Gasteiger partial charge in [0.1, 0.15) is 5.69 Å².